The molecule has 8 rings (SSSR count). The van der Waals surface area contributed by atoms with Crippen LogP contribution in [0.2, 0.25) is 0 Å². The van der Waals surface area contributed by atoms with Crippen molar-refractivity contribution in [3.63, 3.8) is 0 Å². The standard InChI is InChI=1S/C40H32N4/c1-27-13-12-20-32-31-18-8-10-21-36(31)44(37-22-11-9-19-33(37)39(27)32)38-24-23-30(26-41-38)40-42-34(28-14-4-2-5-15-28)25-35(43-40)29-16-6-3-7-17-29/h2-12,14-27,33,37H,13H2,1H3. The minimum atomic E-state index is 0.128. The van der Waals surface area contributed by atoms with Gasteiger partial charge in [-0.3, -0.25) is 0 Å². The minimum Gasteiger partial charge on any atom is -0.318 e. The number of rotatable bonds is 4. The zero-order valence-corrected chi connectivity index (χ0v) is 24.6. The Labute approximate surface area is 258 Å². The number of benzene rings is 3. The fourth-order valence-electron chi connectivity index (χ4n) is 6.86. The van der Waals surface area contributed by atoms with Gasteiger partial charge in [-0.2, -0.15) is 0 Å². The van der Waals surface area contributed by atoms with Crippen molar-refractivity contribution in [2.24, 2.45) is 11.8 Å². The number of fused-ring (bicyclic) bond motifs is 4. The maximum absolute atomic E-state index is 5.10. The second-order valence-electron chi connectivity index (χ2n) is 11.7. The molecule has 44 heavy (non-hydrogen) atoms. The molecule has 0 spiro atoms. The Balaban J connectivity index is 1.23. The molecule has 3 heterocycles. The third kappa shape index (κ3) is 4.60. The number of anilines is 2. The Morgan fingerprint density at radius 1 is 0.705 bits per heavy atom. The van der Waals surface area contributed by atoms with Crippen molar-refractivity contribution < 1.29 is 0 Å². The molecule has 4 heteroatoms. The van der Waals surface area contributed by atoms with Crippen LogP contribution in [-0.4, -0.2) is 21.0 Å². The van der Waals surface area contributed by atoms with Crippen LogP contribution >= 0.6 is 0 Å². The molecule has 0 N–H and O–H groups in total. The first-order valence-corrected chi connectivity index (χ1v) is 15.4. The fraction of sp³-hybridized carbons (Fsp3) is 0.125. The van der Waals surface area contributed by atoms with Crippen LogP contribution in [0.5, 0.6) is 0 Å². The van der Waals surface area contributed by atoms with Crippen molar-refractivity contribution in [1.29, 1.82) is 0 Å². The first-order valence-electron chi connectivity index (χ1n) is 15.4. The van der Waals surface area contributed by atoms with Crippen LogP contribution in [0.15, 0.2) is 151 Å². The quantitative estimate of drug-likeness (QED) is 0.217. The predicted octanol–water partition coefficient (Wildman–Crippen LogP) is 9.48. The number of allylic oxidation sites excluding steroid dienone is 5. The molecule has 2 aliphatic carbocycles. The molecule has 3 atom stereocenters. The smallest absolute Gasteiger partial charge is 0.161 e. The van der Waals surface area contributed by atoms with Crippen LogP contribution in [0.1, 0.15) is 18.9 Å². The van der Waals surface area contributed by atoms with Crippen molar-refractivity contribution >= 4 is 17.1 Å². The van der Waals surface area contributed by atoms with E-state index >= 15 is 0 Å². The highest BCUT2D eigenvalue weighted by molar-refractivity contribution is 5.89. The molecule has 212 valence electrons. The molecule has 0 bridgehead atoms. The van der Waals surface area contributed by atoms with Crippen LogP contribution in [0.3, 0.4) is 0 Å². The Hall–Kier alpha value is -5.35. The summed E-state index contributed by atoms with van der Waals surface area (Å²) in [5.74, 6) is 2.32. The predicted molar refractivity (Wildman–Crippen MR) is 180 cm³/mol. The minimum absolute atomic E-state index is 0.128. The number of pyridine rings is 1. The van der Waals surface area contributed by atoms with Crippen LogP contribution in [0.4, 0.5) is 11.5 Å². The summed E-state index contributed by atoms with van der Waals surface area (Å²) in [4.78, 5) is 17.6. The SMILES string of the molecule is CC1CC=CC2=C1C1C=CC=CC1N(c1ccc(-c3nc(-c4ccccc4)cc(-c4ccccc4)n3)cn1)c1ccccc12. The zero-order chi connectivity index (χ0) is 29.5. The summed E-state index contributed by atoms with van der Waals surface area (Å²) in [6.07, 6.45) is 16.7. The Morgan fingerprint density at radius 2 is 1.39 bits per heavy atom. The average molecular weight is 569 g/mol. The second kappa shape index (κ2) is 11.1. The number of para-hydroxylation sites is 1. The van der Waals surface area contributed by atoms with Crippen LogP contribution < -0.4 is 4.90 Å². The monoisotopic (exact) mass is 568 g/mol. The van der Waals surface area contributed by atoms with E-state index in [2.05, 4.69) is 115 Å². The van der Waals surface area contributed by atoms with Gasteiger partial charge < -0.3 is 4.90 Å². The van der Waals surface area contributed by atoms with Crippen LogP contribution in [0, 0.1) is 11.8 Å². The Morgan fingerprint density at radius 3 is 2.09 bits per heavy atom. The maximum Gasteiger partial charge on any atom is 0.161 e. The maximum atomic E-state index is 5.10. The largest absolute Gasteiger partial charge is 0.318 e. The van der Waals surface area contributed by atoms with E-state index in [0.29, 0.717) is 11.7 Å². The molecule has 0 fully saturated rings. The Kier molecular flexibility index (Phi) is 6.60. The molecule has 0 saturated carbocycles. The Bertz CT molecular complexity index is 1890. The van der Waals surface area contributed by atoms with E-state index in [-0.39, 0.29) is 12.0 Å². The highest BCUT2D eigenvalue weighted by Gasteiger charge is 2.38. The molecule has 1 aliphatic heterocycles. The molecule has 0 radical (unpaired) electrons. The van der Waals surface area contributed by atoms with Gasteiger partial charge in [-0.05, 0) is 47.8 Å². The summed E-state index contributed by atoms with van der Waals surface area (Å²) in [7, 11) is 0. The molecule has 0 amide bonds. The van der Waals surface area contributed by atoms with Gasteiger partial charge in [-0.15, -0.1) is 0 Å². The van der Waals surface area contributed by atoms with Gasteiger partial charge in [-0.25, -0.2) is 15.0 Å². The molecule has 3 aromatic carbocycles. The van der Waals surface area contributed by atoms with Gasteiger partial charge in [-0.1, -0.05) is 122 Å². The van der Waals surface area contributed by atoms with E-state index in [4.69, 9.17) is 15.0 Å². The van der Waals surface area contributed by atoms with E-state index in [1.165, 1.54) is 22.4 Å². The van der Waals surface area contributed by atoms with E-state index in [9.17, 15) is 0 Å². The summed E-state index contributed by atoms with van der Waals surface area (Å²) in [5.41, 5.74) is 10.1. The average Bonchev–Trinajstić information content (AvgIpc) is 3.22. The molecule has 0 saturated heterocycles. The second-order valence-corrected chi connectivity index (χ2v) is 11.7. The molecule has 3 aliphatic rings. The molecular weight excluding hydrogens is 536 g/mol. The van der Waals surface area contributed by atoms with Gasteiger partial charge in [0.15, 0.2) is 5.82 Å². The van der Waals surface area contributed by atoms with Gasteiger partial charge in [0.05, 0.1) is 23.1 Å². The van der Waals surface area contributed by atoms with Gasteiger partial charge in [0.25, 0.3) is 0 Å². The van der Waals surface area contributed by atoms with Crippen molar-refractivity contribution in [3.05, 3.63) is 157 Å². The third-order valence-corrected chi connectivity index (χ3v) is 8.95. The highest BCUT2D eigenvalue weighted by atomic mass is 15.2. The van der Waals surface area contributed by atoms with Crippen LogP contribution in [0.25, 0.3) is 39.5 Å². The van der Waals surface area contributed by atoms with E-state index in [0.717, 1.165) is 40.3 Å². The molecular formula is C40H32N4. The summed E-state index contributed by atoms with van der Waals surface area (Å²) in [6, 6.07) is 35.8. The summed E-state index contributed by atoms with van der Waals surface area (Å²) >= 11 is 0. The van der Waals surface area contributed by atoms with Crippen LogP contribution in [-0.2, 0) is 0 Å². The summed E-state index contributed by atoms with van der Waals surface area (Å²) in [5, 5.41) is 0. The topological polar surface area (TPSA) is 41.9 Å². The lowest BCUT2D eigenvalue weighted by Crippen LogP contribution is -2.37. The van der Waals surface area contributed by atoms with Gasteiger partial charge in [0.1, 0.15) is 5.82 Å². The number of aromatic nitrogens is 3. The third-order valence-electron chi connectivity index (χ3n) is 8.95. The van der Waals surface area contributed by atoms with Crippen molar-refractivity contribution in [2.45, 2.75) is 19.4 Å². The first-order chi connectivity index (χ1) is 21.7. The number of hydrogen-bond donors (Lipinski definition) is 0. The van der Waals surface area contributed by atoms with E-state index in [1.54, 1.807) is 0 Å². The molecule has 4 nitrogen and oxygen atoms in total. The normalized spacial score (nSPS) is 20.1. The van der Waals surface area contributed by atoms with Crippen molar-refractivity contribution in [3.8, 4) is 33.9 Å². The van der Waals surface area contributed by atoms with Crippen molar-refractivity contribution in [1.82, 2.24) is 15.0 Å². The number of nitrogens with zero attached hydrogens (tertiary/aromatic N) is 4. The lowest BCUT2D eigenvalue weighted by molar-refractivity contribution is 0.546. The van der Waals surface area contributed by atoms with E-state index < -0.39 is 0 Å². The fourth-order valence-corrected chi connectivity index (χ4v) is 6.86. The number of hydrogen-bond acceptors (Lipinski definition) is 4. The van der Waals surface area contributed by atoms with Crippen molar-refractivity contribution in [2.75, 3.05) is 4.90 Å². The summed E-state index contributed by atoms with van der Waals surface area (Å²) in [6.45, 7) is 2.36. The van der Waals surface area contributed by atoms with Gasteiger partial charge in [0, 0.05) is 34.4 Å². The lowest BCUT2D eigenvalue weighted by atomic mass is 9.75. The molecule has 3 unspecified atom stereocenters. The van der Waals surface area contributed by atoms with Gasteiger partial charge >= 0.3 is 0 Å². The zero-order valence-electron chi connectivity index (χ0n) is 24.6. The lowest BCUT2D eigenvalue weighted by Gasteiger charge is -2.37. The highest BCUT2D eigenvalue weighted by Crippen LogP contribution is 2.48. The molecule has 5 aromatic rings. The first kappa shape index (κ1) is 26.3. The molecule has 2 aromatic heterocycles. The van der Waals surface area contributed by atoms with E-state index in [1.807, 2.05) is 42.6 Å². The summed E-state index contributed by atoms with van der Waals surface area (Å²) < 4.78 is 0. The van der Waals surface area contributed by atoms with Gasteiger partial charge in [0.2, 0.25) is 0 Å².